The molecule has 0 aliphatic heterocycles. The van der Waals surface area contributed by atoms with E-state index >= 15 is 0 Å². The van der Waals surface area contributed by atoms with Crippen LogP contribution in [0.5, 0.6) is 11.5 Å². The number of aliphatic hydroxyl groups is 1. The molecule has 2 rings (SSSR count). The minimum atomic E-state index is 0.0996. The van der Waals surface area contributed by atoms with E-state index in [4.69, 9.17) is 14.6 Å². The number of rotatable bonds is 9. The molecule has 118 valence electrons. The highest BCUT2D eigenvalue weighted by atomic mass is 79.9. The van der Waals surface area contributed by atoms with Gasteiger partial charge in [-0.15, -0.1) is 0 Å². The second kappa shape index (κ2) is 8.01. The van der Waals surface area contributed by atoms with Gasteiger partial charge in [-0.05, 0) is 53.4 Å². The Bertz CT molecular complexity index is 463. The number of aliphatic hydroxyl groups excluding tert-OH is 1. The third-order valence-corrected chi connectivity index (χ3v) is 3.95. The lowest BCUT2D eigenvalue weighted by Gasteiger charge is -2.17. The van der Waals surface area contributed by atoms with Crippen LogP contribution in [0, 0.1) is 5.92 Å². The van der Waals surface area contributed by atoms with Crippen LogP contribution < -0.4 is 14.8 Å². The van der Waals surface area contributed by atoms with Crippen molar-refractivity contribution in [3.8, 4) is 11.5 Å². The molecule has 1 aliphatic rings. The van der Waals surface area contributed by atoms with E-state index < -0.39 is 0 Å². The first-order valence-electron chi connectivity index (χ1n) is 7.56. The van der Waals surface area contributed by atoms with Gasteiger partial charge in [0.05, 0.1) is 17.7 Å². The summed E-state index contributed by atoms with van der Waals surface area (Å²) < 4.78 is 12.4. The Morgan fingerprint density at radius 2 is 2.14 bits per heavy atom. The van der Waals surface area contributed by atoms with E-state index in [1.165, 1.54) is 18.4 Å². The van der Waals surface area contributed by atoms with E-state index in [0.717, 1.165) is 16.8 Å². The van der Waals surface area contributed by atoms with Crippen molar-refractivity contribution < 1.29 is 14.6 Å². The first kappa shape index (κ1) is 16.6. The first-order chi connectivity index (χ1) is 10.1. The highest BCUT2D eigenvalue weighted by molar-refractivity contribution is 9.10. The van der Waals surface area contributed by atoms with Crippen molar-refractivity contribution in [1.82, 2.24) is 5.32 Å². The van der Waals surface area contributed by atoms with Crippen LogP contribution in [0.2, 0.25) is 0 Å². The van der Waals surface area contributed by atoms with E-state index in [0.29, 0.717) is 25.0 Å². The van der Waals surface area contributed by atoms with E-state index in [-0.39, 0.29) is 12.5 Å². The molecule has 0 saturated heterocycles. The van der Waals surface area contributed by atoms with Crippen LogP contribution in [-0.4, -0.2) is 31.0 Å². The second-order valence-electron chi connectivity index (χ2n) is 5.59. The van der Waals surface area contributed by atoms with Gasteiger partial charge in [-0.3, -0.25) is 0 Å². The molecule has 0 bridgehead atoms. The van der Waals surface area contributed by atoms with Gasteiger partial charge in [0.2, 0.25) is 0 Å². The fraction of sp³-hybridized carbons (Fsp3) is 0.625. The van der Waals surface area contributed by atoms with Crippen LogP contribution in [0.25, 0.3) is 0 Å². The molecule has 5 heteroatoms. The SMILES string of the molecule is CCOc1cc(CNC2CC2)cc(Br)c1OCC(C)CO. The Hall–Kier alpha value is -0.780. The molecule has 1 aromatic rings. The molecule has 0 aromatic heterocycles. The summed E-state index contributed by atoms with van der Waals surface area (Å²) in [5.74, 6) is 1.57. The van der Waals surface area contributed by atoms with Gasteiger partial charge in [0, 0.05) is 25.1 Å². The molecule has 1 aromatic carbocycles. The third-order valence-electron chi connectivity index (χ3n) is 3.37. The highest BCUT2D eigenvalue weighted by Crippen LogP contribution is 2.37. The predicted molar refractivity (Wildman–Crippen MR) is 86.9 cm³/mol. The molecule has 1 aliphatic carbocycles. The molecular formula is C16H24BrNO3. The van der Waals surface area contributed by atoms with E-state index in [1.807, 2.05) is 19.9 Å². The largest absolute Gasteiger partial charge is 0.490 e. The average Bonchev–Trinajstić information content (AvgIpc) is 3.28. The van der Waals surface area contributed by atoms with Gasteiger partial charge in [0.1, 0.15) is 0 Å². The van der Waals surface area contributed by atoms with Gasteiger partial charge in [0.15, 0.2) is 11.5 Å². The number of benzene rings is 1. The molecule has 4 nitrogen and oxygen atoms in total. The van der Waals surface area contributed by atoms with Crippen LogP contribution in [0.1, 0.15) is 32.3 Å². The molecular weight excluding hydrogens is 334 g/mol. The van der Waals surface area contributed by atoms with Gasteiger partial charge in [0.25, 0.3) is 0 Å². The molecule has 0 radical (unpaired) electrons. The zero-order valence-electron chi connectivity index (χ0n) is 12.7. The zero-order valence-corrected chi connectivity index (χ0v) is 14.3. The van der Waals surface area contributed by atoms with Crippen molar-refractivity contribution in [3.63, 3.8) is 0 Å². The van der Waals surface area contributed by atoms with Gasteiger partial charge in [-0.2, -0.15) is 0 Å². The Morgan fingerprint density at radius 1 is 1.38 bits per heavy atom. The zero-order chi connectivity index (χ0) is 15.2. The molecule has 0 heterocycles. The molecule has 1 atom stereocenters. The summed E-state index contributed by atoms with van der Waals surface area (Å²) in [4.78, 5) is 0. The molecule has 2 N–H and O–H groups in total. The summed E-state index contributed by atoms with van der Waals surface area (Å²) in [6, 6.07) is 4.78. The van der Waals surface area contributed by atoms with Crippen molar-refractivity contribution >= 4 is 15.9 Å². The van der Waals surface area contributed by atoms with E-state index in [9.17, 15) is 0 Å². The molecule has 0 amide bonds. The minimum absolute atomic E-state index is 0.0996. The molecule has 1 saturated carbocycles. The fourth-order valence-corrected chi connectivity index (χ4v) is 2.56. The number of hydrogen-bond donors (Lipinski definition) is 2. The first-order valence-corrected chi connectivity index (χ1v) is 8.35. The summed E-state index contributed by atoms with van der Waals surface area (Å²) in [7, 11) is 0. The summed E-state index contributed by atoms with van der Waals surface area (Å²) in [5.41, 5.74) is 1.18. The van der Waals surface area contributed by atoms with Crippen molar-refractivity contribution in [2.75, 3.05) is 19.8 Å². The van der Waals surface area contributed by atoms with Gasteiger partial charge in [-0.25, -0.2) is 0 Å². The topological polar surface area (TPSA) is 50.7 Å². The van der Waals surface area contributed by atoms with Crippen LogP contribution in [0.4, 0.5) is 0 Å². The van der Waals surface area contributed by atoms with Gasteiger partial charge >= 0.3 is 0 Å². The van der Waals surface area contributed by atoms with E-state index in [2.05, 4.69) is 27.3 Å². The van der Waals surface area contributed by atoms with E-state index in [1.54, 1.807) is 0 Å². The molecule has 21 heavy (non-hydrogen) atoms. The number of nitrogens with one attached hydrogen (secondary N) is 1. The van der Waals surface area contributed by atoms with Crippen molar-refractivity contribution in [2.45, 2.75) is 39.3 Å². The Balaban J connectivity index is 2.09. The normalized spacial score (nSPS) is 15.8. The summed E-state index contributed by atoms with van der Waals surface area (Å²) in [6.45, 7) is 5.93. The van der Waals surface area contributed by atoms with Gasteiger partial charge in [-0.1, -0.05) is 6.92 Å². The van der Waals surface area contributed by atoms with Crippen LogP contribution in [0.3, 0.4) is 0 Å². The van der Waals surface area contributed by atoms with Crippen LogP contribution in [0.15, 0.2) is 16.6 Å². The Kier molecular flexibility index (Phi) is 6.33. The monoisotopic (exact) mass is 357 g/mol. The quantitative estimate of drug-likeness (QED) is 0.712. The summed E-state index contributed by atoms with van der Waals surface area (Å²) in [5, 5.41) is 12.6. The lowest BCUT2D eigenvalue weighted by atomic mass is 10.2. The standard InChI is InChI=1S/C16H24BrNO3/c1-3-20-15-7-12(8-18-13-4-5-13)6-14(17)16(15)21-10-11(2)9-19/h6-7,11,13,18-19H,3-5,8-10H2,1-2H3. The maximum Gasteiger partial charge on any atom is 0.175 e. The lowest BCUT2D eigenvalue weighted by Crippen LogP contribution is -2.16. The number of hydrogen-bond acceptors (Lipinski definition) is 4. The average molecular weight is 358 g/mol. The summed E-state index contributed by atoms with van der Waals surface area (Å²) in [6.07, 6.45) is 2.56. The van der Waals surface area contributed by atoms with Crippen LogP contribution >= 0.6 is 15.9 Å². The molecule has 1 fully saturated rings. The predicted octanol–water partition coefficient (Wildman–Crippen LogP) is 3.11. The van der Waals surface area contributed by atoms with Gasteiger partial charge < -0.3 is 19.9 Å². The van der Waals surface area contributed by atoms with Crippen LogP contribution in [-0.2, 0) is 6.54 Å². The Labute approximate surface area is 135 Å². The van der Waals surface area contributed by atoms with Crippen molar-refractivity contribution in [3.05, 3.63) is 22.2 Å². The van der Waals surface area contributed by atoms with Crippen molar-refractivity contribution in [2.24, 2.45) is 5.92 Å². The maximum atomic E-state index is 9.10. The minimum Gasteiger partial charge on any atom is -0.490 e. The lowest BCUT2D eigenvalue weighted by molar-refractivity contribution is 0.169. The highest BCUT2D eigenvalue weighted by Gasteiger charge is 2.21. The fourth-order valence-electron chi connectivity index (χ4n) is 1.95. The molecule has 1 unspecified atom stereocenters. The Morgan fingerprint density at radius 3 is 2.76 bits per heavy atom. The third kappa shape index (κ3) is 5.16. The van der Waals surface area contributed by atoms with Crippen molar-refractivity contribution in [1.29, 1.82) is 0 Å². The summed E-state index contributed by atoms with van der Waals surface area (Å²) >= 11 is 3.57. The maximum absolute atomic E-state index is 9.10. The molecule has 0 spiro atoms. The number of halogens is 1. The smallest absolute Gasteiger partial charge is 0.175 e. The number of ether oxygens (including phenoxy) is 2. The second-order valence-corrected chi connectivity index (χ2v) is 6.45.